The lowest BCUT2D eigenvalue weighted by Crippen LogP contribution is -2.29. The molecule has 10 nitrogen and oxygen atoms in total. The second-order valence-corrected chi connectivity index (χ2v) is 6.58. The van der Waals surface area contributed by atoms with Crippen LogP contribution < -0.4 is 15.5 Å². The molecule has 0 aliphatic rings. The molecule has 0 aliphatic carbocycles. The van der Waals surface area contributed by atoms with Gasteiger partial charge in [-0.05, 0) is 17.7 Å². The van der Waals surface area contributed by atoms with E-state index in [1.807, 2.05) is 54.7 Å². The fourth-order valence-corrected chi connectivity index (χ4v) is 2.99. The Morgan fingerprint density at radius 3 is 2.56 bits per heavy atom. The lowest BCUT2D eigenvalue weighted by Gasteiger charge is -2.14. The van der Waals surface area contributed by atoms with Crippen LogP contribution in [0, 0.1) is 0 Å². The Kier molecular flexibility index (Phi) is 7.31. The van der Waals surface area contributed by atoms with Crippen LogP contribution in [-0.4, -0.2) is 36.7 Å². The van der Waals surface area contributed by atoms with Crippen molar-refractivity contribution in [2.24, 2.45) is 7.05 Å². The first kappa shape index (κ1) is 22.2. The van der Waals surface area contributed by atoms with E-state index in [2.05, 4.69) is 15.5 Å². The first-order valence-electron chi connectivity index (χ1n) is 9.56. The average molecular weight is 435 g/mol. The second kappa shape index (κ2) is 10.5. The van der Waals surface area contributed by atoms with E-state index in [1.165, 1.54) is 6.07 Å². The summed E-state index contributed by atoms with van der Waals surface area (Å²) in [4.78, 5) is 33.6. The summed E-state index contributed by atoms with van der Waals surface area (Å²) in [6, 6.07) is 16.4. The number of hydrogen-bond acceptors (Lipinski definition) is 6. The van der Waals surface area contributed by atoms with E-state index >= 15 is 0 Å². The number of carboxylic acid groups (broad SMARTS) is 1. The number of hydrogen-bond donors (Lipinski definition) is 2. The highest BCUT2D eigenvalue weighted by Crippen LogP contribution is 2.15. The minimum Gasteiger partial charge on any atom is -0.483 e. The summed E-state index contributed by atoms with van der Waals surface area (Å²) in [5.74, 6) is 0.171. The van der Waals surface area contributed by atoms with Crippen LogP contribution in [0.5, 0.6) is 5.75 Å². The van der Waals surface area contributed by atoms with Gasteiger partial charge >= 0.3 is 0 Å². The third-order valence-electron chi connectivity index (χ3n) is 4.47. The van der Waals surface area contributed by atoms with Crippen molar-refractivity contribution in [3.05, 3.63) is 94.3 Å². The van der Waals surface area contributed by atoms with E-state index in [4.69, 9.17) is 14.6 Å². The van der Waals surface area contributed by atoms with Gasteiger partial charge in [0, 0.05) is 25.5 Å². The molecule has 4 aromatic rings. The molecule has 32 heavy (non-hydrogen) atoms. The zero-order valence-corrected chi connectivity index (χ0v) is 17.2. The van der Waals surface area contributed by atoms with Crippen molar-refractivity contribution in [1.29, 1.82) is 0 Å². The van der Waals surface area contributed by atoms with E-state index in [9.17, 15) is 9.59 Å². The Balaban J connectivity index is 0.000000913. The minimum absolute atomic E-state index is 0.0162. The third-order valence-corrected chi connectivity index (χ3v) is 4.47. The molecule has 0 bridgehead atoms. The summed E-state index contributed by atoms with van der Waals surface area (Å²) in [7, 11) is 1.69. The van der Waals surface area contributed by atoms with Crippen molar-refractivity contribution in [3.63, 3.8) is 0 Å². The number of ether oxygens (including phenoxy) is 1. The summed E-state index contributed by atoms with van der Waals surface area (Å²) in [6.45, 7) is 0.0976. The molecule has 0 fully saturated rings. The van der Waals surface area contributed by atoms with Gasteiger partial charge in [0.05, 0.1) is 6.54 Å². The van der Waals surface area contributed by atoms with Crippen molar-refractivity contribution in [1.82, 2.24) is 24.5 Å². The predicted molar refractivity (Wildman–Crippen MR) is 115 cm³/mol. The van der Waals surface area contributed by atoms with E-state index < -0.39 is 5.91 Å². The molecule has 0 saturated heterocycles. The highest BCUT2D eigenvalue weighted by Gasteiger charge is 2.19. The largest absolute Gasteiger partial charge is 0.483 e. The number of nitrogens with zero attached hydrogens (tertiary/aromatic N) is 4. The zero-order valence-electron chi connectivity index (χ0n) is 17.2. The molecule has 4 rings (SSSR count). The van der Waals surface area contributed by atoms with Crippen molar-refractivity contribution in [2.45, 2.75) is 13.2 Å². The number of amides is 1. The standard InChI is InChI=1S/C21H19N5O3.CH2O2/c1-25-12-10-16(27)20(29-14-15-7-3-2-4-8-15)19(25)21(28)22-13-18-24-23-17-9-5-6-11-26(17)18;2-1-3/h2-12H,13-14H2,1H3,(H,22,28);1H,(H,2,3). The molecule has 0 saturated carbocycles. The van der Waals surface area contributed by atoms with Gasteiger partial charge in [0.15, 0.2) is 22.9 Å². The summed E-state index contributed by atoms with van der Waals surface area (Å²) < 4.78 is 9.09. The molecule has 0 atom stereocenters. The van der Waals surface area contributed by atoms with Crippen molar-refractivity contribution >= 4 is 18.0 Å². The molecule has 10 heteroatoms. The second-order valence-electron chi connectivity index (χ2n) is 6.58. The number of carbonyl (C=O) groups excluding carboxylic acids is 1. The van der Waals surface area contributed by atoms with E-state index in [0.29, 0.717) is 11.5 Å². The van der Waals surface area contributed by atoms with E-state index in [-0.39, 0.29) is 36.5 Å². The Labute approximate surface area is 182 Å². The highest BCUT2D eigenvalue weighted by atomic mass is 16.5. The molecule has 164 valence electrons. The van der Waals surface area contributed by atoms with Crippen LogP contribution in [0.3, 0.4) is 0 Å². The molecule has 1 aromatic carbocycles. The van der Waals surface area contributed by atoms with Crippen molar-refractivity contribution in [3.8, 4) is 5.75 Å². The van der Waals surface area contributed by atoms with Crippen molar-refractivity contribution in [2.75, 3.05) is 0 Å². The molecule has 0 spiro atoms. The molecule has 0 unspecified atom stereocenters. The van der Waals surface area contributed by atoms with Crippen LogP contribution in [0.25, 0.3) is 5.65 Å². The van der Waals surface area contributed by atoms with Gasteiger partial charge in [-0.3, -0.25) is 18.8 Å². The van der Waals surface area contributed by atoms with Gasteiger partial charge in [-0.25, -0.2) is 0 Å². The highest BCUT2D eigenvalue weighted by molar-refractivity contribution is 5.95. The molecule has 0 radical (unpaired) electrons. The zero-order chi connectivity index (χ0) is 22.9. The Morgan fingerprint density at radius 2 is 1.81 bits per heavy atom. The van der Waals surface area contributed by atoms with Crippen LogP contribution >= 0.6 is 0 Å². The van der Waals surface area contributed by atoms with Gasteiger partial charge in [-0.15, -0.1) is 10.2 Å². The molecule has 3 aromatic heterocycles. The smallest absolute Gasteiger partial charge is 0.290 e. The number of carbonyl (C=O) groups is 2. The fourth-order valence-electron chi connectivity index (χ4n) is 2.99. The van der Waals surface area contributed by atoms with Crippen molar-refractivity contribution < 1.29 is 19.4 Å². The molecule has 1 amide bonds. The number of rotatable bonds is 6. The van der Waals surface area contributed by atoms with Gasteiger partial charge < -0.3 is 19.7 Å². The first-order valence-corrected chi connectivity index (χ1v) is 9.56. The van der Waals surface area contributed by atoms with Crippen LogP contribution in [0.1, 0.15) is 21.9 Å². The normalized spacial score (nSPS) is 10.2. The summed E-state index contributed by atoms with van der Waals surface area (Å²) in [5.41, 5.74) is 1.40. The number of aryl methyl sites for hydroxylation is 1. The average Bonchev–Trinajstić information content (AvgIpc) is 3.22. The maximum Gasteiger partial charge on any atom is 0.290 e. The number of fused-ring (bicyclic) bond motifs is 1. The lowest BCUT2D eigenvalue weighted by atomic mass is 10.2. The topological polar surface area (TPSA) is 128 Å². The van der Waals surface area contributed by atoms with Gasteiger partial charge in [-0.2, -0.15) is 0 Å². The fraction of sp³-hybridized carbons (Fsp3) is 0.136. The number of aromatic nitrogens is 4. The lowest BCUT2D eigenvalue weighted by molar-refractivity contribution is -0.122. The molecule has 2 N–H and O–H groups in total. The maximum absolute atomic E-state index is 12.9. The van der Waals surface area contributed by atoms with E-state index in [1.54, 1.807) is 22.2 Å². The van der Waals surface area contributed by atoms with E-state index in [0.717, 1.165) is 5.56 Å². The molecule has 3 heterocycles. The summed E-state index contributed by atoms with van der Waals surface area (Å²) >= 11 is 0. The Bertz CT molecular complexity index is 1270. The summed E-state index contributed by atoms with van der Waals surface area (Å²) in [6.07, 6.45) is 3.36. The van der Waals surface area contributed by atoms with Crippen LogP contribution in [0.15, 0.2) is 71.8 Å². The number of benzene rings is 1. The predicted octanol–water partition coefficient (Wildman–Crippen LogP) is 1.64. The monoisotopic (exact) mass is 435 g/mol. The molecule has 0 aliphatic heterocycles. The van der Waals surface area contributed by atoms with Gasteiger partial charge in [-0.1, -0.05) is 36.4 Å². The quantitative estimate of drug-likeness (QED) is 0.441. The Morgan fingerprint density at radius 1 is 1.09 bits per heavy atom. The minimum atomic E-state index is -0.430. The van der Waals surface area contributed by atoms with Crippen LogP contribution in [0.4, 0.5) is 0 Å². The number of nitrogens with one attached hydrogen (secondary N) is 1. The number of pyridine rings is 2. The Hall–Kier alpha value is -4.47. The SMILES string of the molecule is Cn1ccc(=O)c(OCc2ccccc2)c1C(=O)NCc1nnc2ccccn12.O=CO. The van der Waals surface area contributed by atoms with Gasteiger partial charge in [0.1, 0.15) is 6.61 Å². The third kappa shape index (κ3) is 5.17. The van der Waals surface area contributed by atoms with Crippen LogP contribution in [0.2, 0.25) is 0 Å². The maximum atomic E-state index is 12.9. The van der Waals surface area contributed by atoms with Gasteiger partial charge in [0.2, 0.25) is 5.43 Å². The van der Waals surface area contributed by atoms with Crippen LogP contribution in [-0.2, 0) is 25.0 Å². The molecular formula is C22H21N5O5. The molecular weight excluding hydrogens is 414 g/mol. The van der Waals surface area contributed by atoms with Gasteiger partial charge in [0.25, 0.3) is 12.4 Å². The first-order chi connectivity index (χ1) is 15.5. The summed E-state index contributed by atoms with van der Waals surface area (Å²) in [5, 5.41) is 17.8.